The van der Waals surface area contributed by atoms with Crippen LogP contribution >= 0.6 is 11.3 Å². The van der Waals surface area contributed by atoms with Crippen molar-refractivity contribution >= 4 is 28.0 Å². The highest BCUT2D eigenvalue weighted by Gasteiger charge is 2.14. The number of thiophene rings is 1. The highest BCUT2D eigenvalue weighted by molar-refractivity contribution is 7.88. The summed E-state index contributed by atoms with van der Waals surface area (Å²) in [6, 6.07) is 3.62. The molecule has 2 N–H and O–H groups in total. The number of hydrogen-bond acceptors (Lipinski definition) is 4. The topological polar surface area (TPSA) is 63.4 Å². The molecule has 90 valence electrons. The molecule has 1 aromatic rings. The maximum atomic E-state index is 11.7. The summed E-state index contributed by atoms with van der Waals surface area (Å²) in [4.78, 5) is 13.2. The zero-order valence-corrected chi connectivity index (χ0v) is 10.9. The molecule has 0 aliphatic rings. The van der Waals surface area contributed by atoms with Crippen LogP contribution < -0.4 is 5.73 Å². The molecular formula is C10H16N2O2S2. The van der Waals surface area contributed by atoms with Crippen molar-refractivity contribution in [3.63, 3.8) is 0 Å². The van der Waals surface area contributed by atoms with Gasteiger partial charge in [0, 0.05) is 13.6 Å². The van der Waals surface area contributed by atoms with Gasteiger partial charge in [-0.15, -0.1) is 11.3 Å². The van der Waals surface area contributed by atoms with Crippen LogP contribution in [0, 0.1) is 0 Å². The molecule has 0 saturated carbocycles. The first kappa shape index (κ1) is 13.3. The minimum atomic E-state index is -1.21. The summed E-state index contributed by atoms with van der Waals surface area (Å²) in [6.45, 7) is 1.18. The lowest BCUT2D eigenvalue weighted by Gasteiger charge is -2.15. The van der Waals surface area contributed by atoms with Crippen LogP contribution in [0.25, 0.3) is 0 Å². The predicted octanol–water partition coefficient (Wildman–Crippen LogP) is 0.663. The predicted molar refractivity (Wildman–Crippen MR) is 66.9 cm³/mol. The van der Waals surface area contributed by atoms with E-state index >= 15 is 0 Å². The van der Waals surface area contributed by atoms with E-state index in [9.17, 15) is 9.00 Å². The van der Waals surface area contributed by atoms with E-state index in [4.69, 9.17) is 5.73 Å². The van der Waals surface area contributed by atoms with Gasteiger partial charge in [-0.05, 0) is 24.4 Å². The van der Waals surface area contributed by atoms with Gasteiger partial charge in [-0.25, -0.2) is 0 Å². The Morgan fingerprint density at radius 1 is 1.62 bits per heavy atom. The smallest absolute Gasteiger partial charge is 0.235 e. The summed E-state index contributed by atoms with van der Waals surface area (Å²) in [5.41, 5.74) is 5.36. The third-order valence-corrected chi connectivity index (χ3v) is 4.70. The monoisotopic (exact) mass is 260 g/mol. The van der Waals surface area contributed by atoms with Crippen molar-refractivity contribution in [3.8, 4) is 0 Å². The normalized spacial score (nSPS) is 12.4. The molecule has 1 rings (SSSR count). The van der Waals surface area contributed by atoms with Gasteiger partial charge in [-0.3, -0.25) is 9.00 Å². The highest BCUT2D eigenvalue weighted by Crippen LogP contribution is 2.14. The first-order chi connectivity index (χ1) is 7.65. The summed E-state index contributed by atoms with van der Waals surface area (Å²) < 4.78 is 12.5. The summed E-state index contributed by atoms with van der Waals surface area (Å²) in [5, 5.41) is 1.86. The molecule has 16 heavy (non-hydrogen) atoms. The molecule has 6 heteroatoms. The van der Waals surface area contributed by atoms with Gasteiger partial charge in [0.2, 0.25) is 5.91 Å². The van der Waals surface area contributed by atoms with Crippen LogP contribution in [0.1, 0.15) is 6.42 Å². The lowest BCUT2D eigenvalue weighted by atomic mass is 10.4. The Morgan fingerprint density at radius 3 is 2.94 bits per heavy atom. The van der Waals surface area contributed by atoms with Gasteiger partial charge in [0.25, 0.3) is 0 Å². The van der Waals surface area contributed by atoms with Gasteiger partial charge in [0.1, 0.15) is 5.75 Å². The minimum Gasteiger partial charge on any atom is -0.345 e. The second kappa shape index (κ2) is 6.78. The van der Waals surface area contributed by atoms with E-state index in [0.29, 0.717) is 13.1 Å². The van der Waals surface area contributed by atoms with Crippen molar-refractivity contribution in [1.29, 1.82) is 0 Å². The third-order valence-electron chi connectivity index (χ3n) is 2.10. The fourth-order valence-electron chi connectivity index (χ4n) is 1.14. The van der Waals surface area contributed by atoms with Crippen LogP contribution in [0.3, 0.4) is 0 Å². The summed E-state index contributed by atoms with van der Waals surface area (Å²) >= 11 is 1.41. The molecule has 0 fully saturated rings. The quantitative estimate of drug-likeness (QED) is 0.817. The maximum Gasteiger partial charge on any atom is 0.235 e. The van der Waals surface area contributed by atoms with Crippen LogP contribution in [0.5, 0.6) is 0 Å². The van der Waals surface area contributed by atoms with Crippen LogP contribution in [0.15, 0.2) is 21.7 Å². The first-order valence-corrected chi connectivity index (χ1v) is 7.21. The Morgan fingerprint density at radius 2 is 2.38 bits per heavy atom. The molecule has 0 bridgehead atoms. The fraction of sp³-hybridized carbons (Fsp3) is 0.500. The standard InChI is InChI=1S/C10H16N2O2S2/c1-12(6-3-5-11)9(13)8-16(14)10-4-2-7-15-10/h2,4,7H,3,5-6,8,11H2,1H3. The Labute approximate surface area is 102 Å². The van der Waals surface area contributed by atoms with Gasteiger partial charge in [0.15, 0.2) is 0 Å². The van der Waals surface area contributed by atoms with Crippen molar-refractivity contribution in [2.24, 2.45) is 5.73 Å². The fourth-order valence-corrected chi connectivity index (χ4v) is 3.18. The van der Waals surface area contributed by atoms with Gasteiger partial charge < -0.3 is 10.6 Å². The molecule has 0 radical (unpaired) electrons. The Hall–Kier alpha value is -0.720. The zero-order valence-electron chi connectivity index (χ0n) is 9.22. The van der Waals surface area contributed by atoms with E-state index in [0.717, 1.165) is 10.6 Å². The van der Waals surface area contributed by atoms with E-state index in [1.807, 2.05) is 11.4 Å². The third kappa shape index (κ3) is 4.03. The Bertz CT molecular complexity index is 352. The molecule has 4 nitrogen and oxygen atoms in total. The van der Waals surface area contributed by atoms with E-state index in [-0.39, 0.29) is 11.7 Å². The van der Waals surface area contributed by atoms with E-state index in [1.54, 1.807) is 18.0 Å². The average molecular weight is 260 g/mol. The number of nitrogens with zero attached hydrogens (tertiary/aromatic N) is 1. The van der Waals surface area contributed by atoms with Crippen molar-refractivity contribution < 1.29 is 9.00 Å². The molecule has 1 heterocycles. The molecule has 0 spiro atoms. The molecule has 1 aromatic heterocycles. The molecule has 1 atom stereocenters. The van der Waals surface area contributed by atoms with Gasteiger partial charge >= 0.3 is 0 Å². The van der Waals surface area contributed by atoms with Gasteiger partial charge in [-0.1, -0.05) is 6.07 Å². The molecular weight excluding hydrogens is 244 g/mol. The number of carbonyl (C=O) groups is 1. The number of hydrogen-bond donors (Lipinski definition) is 1. The minimum absolute atomic E-state index is 0.0571. The SMILES string of the molecule is CN(CCCN)C(=O)CS(=O)c1cccs1. The van der Waals surface area contributed by atoms with E-state index < -0.39 is 10.8 Å². The van der Waals surface area contributed by atoms with Crippen LogP contribution in [0.2, 0.25) is 0 Å². The summed E-state index contributed by atoms with van der Waals surface area (Å²) in [7, 11) is 0.499. The van der Waals surface area contributed by atoms with Gasteiger partial charge in [-0.2, -0.15) is 0 Å². The number of carbonyl (C=O) groups excluding carboxylic acids is 1. The highest BCUT2D eigenvalue weighted by atomic mass is 32.2. The lowest BCUT2D eigenvalue weighted by molar-refractivity contribution is -0.127. The number of rotatable bonds is 6. The zero-order chi connectivity index (χ0) is 12.0. The lowest BCUT2D eigenvalue weighted by Crippen LogP contribution is -2.32. The van der Waals surface area contributed by atoms with Crippen LogP contribution in [-0.4, -0.2) is 40.9 Å². The first-order valence-electron chi connectivity index (χ1n) is 5.01. The van der Waals surface area contributed by atoms with E-state index in [1.165, 1.54) is 11.3 Å². The van der Waals surface area contributed by atoms with Crippen molar-refractivity contribution in [2.45, 2.75) is 10.6 Å². The molecule has 0 aliphatic carbocycles. The Kier molecular flexibility index (Phi) is 5.65. The van der Waals surface area contributed by atoms with Crippen molar-refractivity contribution in [3.05, 3.63) is 17.5 Å². The molecule has 0 aliphatic heterocycles. The molecule has 0 saturated heterocycles. The maximum absolute atomic E-state index is 11.7. The molecule has 0 aromatic carbocycles. The second-order valence-electron chi connectivity index (χ2n) is 3.38. The van der Waals surface area contributed by atoms with Crippen molar-refractivity contribution in [1.82, 2.24) is 4.90 Å². The second-order valence-corrected chi connectivity index (χ2v) is 6.01. The molecule has 1 unspecified atom stereocenters. The van der Waals surface area contributed by atoms with Gasteiger partial charge in [0.05, 0.1) is 15.0 Å². The largest absolute Gasteiger partial charge is 0.345 e. The number of nitrogens with two attached hydrogens (primary N) is 1. The summed E-state index contributed by atoms with van der Waals surface area (Å²) in [5.74, 6) is -0.0399. The van der Waals surface area contributed by atoms with Crippen molar-refractivity contribution in [2.75, 3.05) is 25.9 Å². The van der Waals surface area contributed by atoms with Crippen LogP contribution in [0.4, 0.5) is 0 Å². The van der Waals surface area contributed by atoms with E-state index in [2.05, 4.69) is 0 Å². The molecule has 1 amide bonds. The summed E-state index contributed by atoms with van der Waals surface area (Å²) in [6.07, 6.45) is 0.772. The Balaban J connectivity index is 2.42. The van der Waals surface area contributed by atoms with Crippen LogP contribution in [-0.2, 0) is 15.6 Å². The number of amides is 1. The average Bonchev–Trinajstić information content (AvgIpc) is 2.79.